The van der Waals surface area contributed by atoms with Gasteiger partial charge >= 0.3 is 0 Å². The molecule has 0 fully saturated rings. The summed E-state index contributed by atoms with van der Waals surface area (Å²) in [4.78, 5) is 0.289. The molecule has 0 bridgehead atoms. The zero-order chi connectivity index (χ0) is 14.5. The van der Waals surface area contributed by atoms with E-state index in [9.17, 15) is 8.42 Å². The first-order chi connectivity index (χ1) is 8.94. The average molecular weight is 285 g/mol. The van der Waals surface area contributed by atoms with Crippen LogP contribution in [0.4, 0.5) is 0 Å². The van der Waals surface area contributed by atoms with Crippen molar-refractivity contribution in [1.82, 2.24) is 4.72 Å². The molecular weight excluding hydrogens is 262 g/mol. The van der Waals surface area contributed by atoms with Crippen LogP contribution in [0.5, 0.6) is 5.75 Å². The Kier molecular flexibility index (Phi) is 5.82. The lowest BCUT2D eigenvalue weighted by atomic mass is 10.0. The van der Waals surface area contributed by atoms with Gasteiger partial charge in [0.2, 0.25) is 10.0 Å². The normalized spacial score (nSPS) is 11.8. The molecule has 4 nitrogen and oxygen atoms in total. The second-order valence-corrected chi connectivity index (χ2v) is 6.43. The molecule has 0 radical (unpaired) electrons. The van der Waals surface area contributed by atoms with Crippen LogP contribution in [0.1, 0.15) is 32.3 Å². The zero-order valence-electron chi connectivity index (χ0n) is 12.1. The first kappa shape index (κ1) is 16.0. The summed E-state index contributed by atoms with van der Waals surface area (Å²) in [6, 6.07) is 4.89. The van der Waals surface area contributed by atoms with Gasteiger partial charge in [-0.3, -0.25) is 0 Å². The summed E-state index contributed by atoms with van der Waals surface area (Å²) in [5.41, 5.74) is 0.813. The number of hydrogen-bond donors (Lipinski definition) is 1. The molecule has 1 rings (SSSR count). The second kappa shape index (κ2) is 6.91. The lowest BCUT2D eigenvalue weighted by Gasteiger charge is -2.14. The number of nitrogens with one attached hydrogen (secondary N) is 1. The zero-order valence-corrected chi connectivity index (χ0v) is 12.9. The van der Waals surface area contributed by atoms with Gasteiger partial charge < -0.3 is 4.74 Å². The minimum atomic E-state index is -3.43. The highest BCUT2D eigenvalue weighted by molar-refractivity contribution is 7.89. The number of ether oxygens (including phenoxy) is 1. The van der Waals surface area contributed by atoms with E-state index in [1.807, 2.05) is 6.92 Å². The van der Waals surface area contributed by atoms with Crippen molar-refractivity contribution >= 4 is 10.0 Å². The molecule has 0 aliphatic heterocycles. The minimum absolute atomic E-state index is 0.289. The lowest BCUT2D eigenvalue weighted by Crippen LogP contribution is -2.29. The monoisotopic (exact) mass is 285 g/mol. The van der Waals surface area contributed by atoms with Crippen LogP contribution in [0.2, 0.25) is 0 Å². The van der Waals surface area contributed by atoms with Crippen molar-refractivity contribution in [2.75, 3.05) is 13.7 Å². The minimum Gasteiger partial charge on any atom is -0.496 e. The lowest BCUT2D eigenvalue weighted by molar-refractivity contribution is 0.411. The molecule has 1 aromatic carbocycles. The summed E-state index contributed by atoms with van der Waals surface area (Å²) >= 11 is 0. The summed E-state index contributed by atoms with van der Waals surface area (Å²) < 4.78 is 32.1. The molecule has 0 spiro atoms. The standard InChI is InChI=1S/C14H23NO3S/c1-5-12(6-2)10-15-19(16,17)13-7-8-14(18-4)11(3)9-13/h7-9,12,15H,5-6,10H2,1-4H3. The summed E-state index contributed by atoms with van der Waals surface area (Å²) in [5.74, 6) is 1.08. The summed E-state index contributed by atoms with van der Waals surface area (Å²) in [6.07, 6.45) is 1.95. The van der Waals surface area contributed by atoms with E-state index in [0.717, 1.165) is 18.4 Å². The Morgan fingerprint density at radius 3 is 2.37 bits per heavy atom. The molecular formula is C14H23NO3S. The Morgan fingerprint density at radius 1 is 1.26 bits per heavy atom. The van der Waals surface area contributed by atoms with Gasteiger partial charge in [-0.05, 0) is 36.6 Å². The first-order valence-electron chi connectivity index (χ1n) is 6.58. The van der Waals surface area contributed by atoms with Crippen molar-refractivity contribution in [3.63, 3.8) is 0 Å². The van der Waals surface area contributed by atoms with Crippen molar-refractivity contribution in [3.05, 3.63) is 23.8 Å². The van der Waals surface area contributed by atoms with E-state index in [1.54, 1.807) is 25.3 Å². The van der Waals surface area contributed by atoms with E-state index < -0.39 is 10.0 Å². The molecule has 0 aliphatic rings. The van der Waals surface area contributed by atoms with Crippen LogP contribution in [0.25, 0.3) is 0 Å². The third-order valence-corrected chi connectivity index (χ3v) is 4.81. The number of hydrogen-bond acceptors (Lipinski definition) is 3. The number of sulfonamides is 1. The molecule has 0 amide bonds. The van der Waals surface area contributed by atoms with Crippen molar-refractivity contribution in [2.45, 2.75) is 38.5 Å². The Bertz CT molecular complexity index is 507. The summed E-state index contributed by atoms with van der Waals surface area (Å²) in [7, 11) is -1.86. The number of rotatable bonds is 7. The highest BCUT2D eigenvalue weighted by atomic mass is 32.2. The van der Waals surface area contributed by atoms with Crippen LogP contribution >= 0.6 is 0 Å². The molecule has 0 aromatic heterocycles. The second-order valence-electron chi connectivity index (χ2n) is 4.67. The molecule has 0 saturated heterocycles. The van der Waals surface area contributed by atoms with E-state index >= 15 is 0 Å². The maximum absolute atomic E-state index is 12.2. The quantitative estimate of drug-likeness (QED) is 0.838. The molecule has 0 heterocycles. The highest BCUT2D eigenvalue weighted by Crippen LogP contribution is 2.21. The van der Waals surface area contributed by atoms with Crippen molar-refractivity contribution in [2.24, 2.45) is 5.92 Å². The van der Waals surface area contributed by atoms with Crippen molar-refractivity contribution < 1.29 is 13.2 Å². The molecule has 0 atom stereocenters. The van der Waals surface area contributed by atoms with Gasteiger partial charge in [0.05, 0.1) is 12.0 Å². The fourth-order valence-corrected chi connectivity index (χ4v) is 3.11. The van der Waals surface area contributed by atoms with Crippen LogP contribution in [-0.4, -0.2) is 22.1 Å². The molecule has 1 aromatic rings. The van der Waals surface area contributed by atoms with Gasteiger partial charge in [-0.2, -0.15) is 0 Å². The Labute approximate surface area is 116 Å². The third kappa shape index (κ3) is 4.21. The van der Waals surface area contributed by atoms with Crippen molar-refractivity contribution in [3.8, 4) is 5.75 Å². The Morgan fingerprint density at radius 2 is 1.89 bits per heavy atom. The van der Waals surface area contributed by atoms with Crippen LogP contribution in [0.15, 0.2) is 23.1 Å². The largest absolute Gasteiger partial charge is 0.496 e. The molecule has 5 heteroatoms. The number of benzene rings is 1. The average Bonchev–Trinajstić information content (AvgIpc) is 2.39. The van der Waals surface area contributed by atoms with Gasteiger partial charge in [0.25, 0.3) is 0 Å². The molecule has 0 aliphatic carbocycles. The van der Waals surface area contributed by atoms with E-state index in [-0.39, 0.29) is 4.90 Å². The van der Waals surface area contributed by atoms with Gasteiger partial charge in [-0.15, -0.1) is 0 Å². The van der Waals surface area contributed by atoms with E-state index in [0.29, 0.717) is 18.2 Å². The molecule has 0 unspecified atom stereocenters. The van der Waals surface area contributed by atoms with E-state index in [1.165, 1.54) is 0 Å². The number of aryl methyl sites for hydroxylation is 1. The van der Waals surface area contributed by atoms with Crippen molar-refractivity contribution in [1.29, 1.82) is 0 Å². The van der Waals surface area contributed by atoms with Gasteiger partial charge in [0.1, 0.15) is 5.75 Å². The SMILES string of the molecule is CCC(CC)CNS(=O)(=O)c1ccc(OC)c(C)c1. The number of methoxy groups -OCH3 is 1. The van der Waals surface area contributed by atoms with Gasteiger partial charge in [0, 0.05) is 6.54 Å². The maximum Gasteiger partial charge on any atom is 0.240 e. The van der Waals surface area contributed by atoms with Crippen LogP contribution in [0.3, 0.4) is 0 Å². The molecule has 108 valence electrons. The van der Waals surface area contributed by atoms with Crippen LogP contribution < -0.4 is 9.46 Å². The Balaban J connectivity index is 2.85. The highest BCUT2D eigenvalue weighted by Gasteiger charge is 2.16. The van der Waals surface area contributed by atoms with E-state index in [4.69, 9.17) is 4.74 Å². The third-order valence-electron chi connectivity index (χ3n) is 3.39. The molecule has 1 N–H and O–H groups in total. The predicted molar refractivity (Wildman–Crippen MR) is 77.0 cm³/mol. The fraction of sp³-hybridized carbons (Fsp3) is 0.571. The molecule has 0 saturated carbocycles. The van der Waals surface area contributed by atoms with Crippen LogP contribution in [-0.2, 0) is 10.0 Å². The smallest absolute Gasteiger partial charge is 0.240 e. The van der Waals surface area contributed by atoms with Gasteiger partial charge in [-0.1, -0.05) is 26.7 Å². The van der Waals surface area contributed by atoms with E-state index in [2.05, 4.69) is 18.6 Å². The first-order valence-corrected chi connectivity index (χ1v) is 8.07. The summed E-state index contributed by atoms with van der Waals surface area (Å²) in [6.45, 7) is 6.46. The molecule has 19 heavy (non-hydrogen) atoms. The predicted octanol–water partition coefficient (Wildman–Crippen LogP) is 2.72. The van der Waals surface area contributed by atoms with Crippen LogP contribution in [0, 0.1) is 12.8 Å². The maximum atomic E-state index is 12.2. The fourth-order valence-electron chi connectivity index (χ4n) is 1.91. The van der Waals surface area contributed by atoms with Gasteiger partial charge in [0.15, 0.2) is 0 Å². The summed E-state index contributed by atoms with van der Waals surface area (Å²) in [5, 5.41) is 0. The van der Waals surface area contributed by atoms with Gasteiger partial charge in [-0.25, -0.2) is 13.1 Å². The Hall–Kier alpha value is -1.07. The topological polar surface area (TPSA) is 55.4 Å².